The highest BCUT2D eigenvalue weighted by molar-refractivity contribution is 6.32. The van der Waals surface area contributed by atoms with Crippen LogP contribution in [-0.2, 0) is 0 Å². The van der Waals surface area contributed by atoms with Crippen molar-refractivity contribution in [3.63, 3.8) is 0 Å². The van der Waals surface area contributed by atoms with Gasteiger partial charge in [-0.3, -0.25) is 0 Å². The van der Waals surface area contributed by atoms with Gasteiger partial charge in [0.1, 0.15) is 0 Å². The third-order valence-electron chi connectivity index (χ3n) is 7.22. The van der Waals surface area contributed by atoms with Crippen LogP contribution in [0.15, 0.2) is 24.5 Å². The number of nitriles is 1. The molecule has 0 atom stereocenters. The molecule has 2 aromatic heterocycles. The molecule has 0 amide bonds. The average molecular weight is 482 g/mol. The van der Waals surface area contributed by atoms with Crippen molar-refractivity contribution in [2.45, 2.75) is 50.5 Å². The number of piperidine rings is 1. The van der Waals surface area contributed by atoms with Crippen LogP contribution in [0.3, 0.4) is 0 Å². The standard InChI is InChI=1S/C24H25Cl2N7/c25-19-9-16-11-28-23(31-21-12-29-33(22(21)26)17-1-2-17)30-20(16)10-18(19)15-3-7-32(8-4-15)14-24(13-27)5-6-24/h9-12,15,17H,1-8,14H2,(H,28,30,31). The van der Waals surface area contributed by atoms with Crippen molar-refractivity contribution in [1.29, 1.82) is 5.26 Å². The molecule has 2 saturated carbocycles. The first-order valence-electron chi connectivity index (χ1n) is 11.6. The second kappa shape index (κ2) is 8.12. The molecule has 6 rings (SSSR count). The maximum absolute atomic E-state index is 9.39. The van der Waals surface area contributed by atoms with Crippen LogP contribution in [-0.4, -0.2) is 44.3 Å². The molecule has 3 aromatic rings. The summed E-state index contributed by atoms with van der Waals surface area (Å²) in [6.07, 6.45) is 9.93. The predicted molar refractivity (Wildman–Crippen MR) is 129 cm³/mol. The lowest BCUT2D eigenvalue weighted by Gasteiger charge is -2.33. The molecular weight excluding hydrogens is 457 g/mol. The van der Waals surface area contributed by atoms with Gasteiger partial charge < -0.3 is 10.2 Å². The molecule has 170 valence electrons. The molecule has 7 nitrogen and oxygen atoms in total. The van der Waals surface area contributed by atoms with Crippen LogP contribution in [0.5, 0.6) is 0 Å². The minimum atomic E-state index is -0.0776. The van der Waals surface area contributed by atoms with Gasteiger partial charge >= 0.3 is 0 Å². The summed E-state index contributed by atoms with van der Waals surface area (Å²) in [5.74, 6) is 0.891. The molecule has 1 saturated heterocycles. The Bertz CT molecular complexity index is 1250. The zero-order chi connectivity index (χ0) is 22.6. The number of hydrogen-bond donors (Lipinski definition) is 1. The fourth-order valence-corrected chi connectivity index (χ4v) is 5.46. The molecule has 1 aliphatic heterocycles. The van der Waals surface area contributed by atoms with E-state index in [1.165, 1.54) is 0 Å². The van der Waals surface area contributed by atoms with E-state index in [9.17, 15) is 5.26 Å². The van der Waals surface area contributed by atoms with Crippen LogP contribution in [0.25, 0.3) is 10.9 Å². The fourth-order valence-electron chi connectivity index (χ4n) is 4.85. The molecule has 33 heavy (non-hydrogen) atoms. The molecule has 0 spiro atoms. The van der Waals surface area contributed by atoms with Gasteiger partial charge in [0.25, 0.3) is 0 Å². The van der Waals surface area contributed by atoms with E-state index >= 15 is 0 Å². The Labute approximate surface area is 202 Å². The first kappa shape index (κ1) is 21.2. The van der Waals surface area contributed by atoms with Gasteiger partial charge in [-0.25, -0.2) is 14.6 Å². The summed E-state index contributed by atoms with van der Waals surface area (Å²) in [7, 11) is 0. The number of anilines is 2. The van der Waals surface area contributed by atoms with Crippen molar-refractivity contribution in [3.8, 4) is 6.07 Å². The van der Waals surface area contributed by atoms with Gasteiger partial charge in [0.05, 0.1) is 34.9 Å². The number of halogens is 2. The van der Waals surface area contributed by atoms with Gasteiger partial charge in [-0.15, -0.1) is 0 Å². The van der Waals surface area contributed by atoms with Crippen LogP contribution >= 0.6 is 23.2 Å². The highest BCUT2D eigenvalue weighted by atomic mass is 35.5. The molecule has 0 bridgehead atoms. The van der Waals surface area contributed by atoms with Crippen molar-refractivity contribution in [2.75, 3.05) is 25.0 Å². The molecule has 3 aliphatic rings. The predicted octanol–water partition coefficient (Wildman–Crippen LogP) is 5.69. The minimum absolute atomic E-state index is 0.0776. The molecular formula is C24H25Cl2N7. The zero-order valence-corrected chi connectivity index (χ0v) is 19.8. The van der Waals surface area contributed by atoms with E-state index in [4.69, 9.17) is 28.2 Å². The number of nitrogens with zero attached hydrogens (tertiary/aromatic N) is 6. The number of nitrogens with one attached hydrogen (secondary N) is 1. The van der Waals surface area contributed by atoms with Crippen molar-refractivity contribution < 1.29 is 0 Å². The summed E-state index contributed by atoms with van der Waals surface area (Å²) in [6.45, 7) is 2.91. The van der Waals surface area contributed by atoms with E-state index in [1.807, 2.05) is 10.7 Å². The summed E-state index contributed by atoms with van der Waals surface area (Å²) >= 11 is 13.2. The van der Waals surface area contributed by atoms with E-state index in [1.54, 1.807) is 12.4 Å². The number of aromatic nitrogens is 4. The molecule has 2 aliphatic carbocycles. The Balaban J connectivity index is 1.19. The lowest BCUT2D eigenvalue weighted by Crippen LogP contribution is -2.37. The molecule has 3 heterocycles. The Kier molecular flexibility index (Phi) is 5.21. The first-order valence-corrected chi connectivity index (χ1v) is 12.4. The van der Waals surface area contributed by atoms with Gasteiger partial charge in [0.15, 0.2) is 5.15 Å². The van der Waals surface area contributed by atoms with Gasteiger partial charge in [-0.1, -0.05) is 23.2 Å². The van der Waals surface area contributed by atoms with Crippen LogP contribution < -0.4 is 5.32 Å². The molecule has 3 fully saturated rings. The number of fused-ring (bicyclic) bond motifs is 1. The topological polar surface area (TPSA) is 82.7 Å². The van der Waals surface area contributed by atoms with E-state index in [0.717, 1.165) is 85.3 Å². The van der Waals surface area contributed by atoms with Crippen molar-refractivity contribution >= 4 is 45.7 Å². The Hall–Kier alpha value is -2.40. The normalized spacial score (nSPS) is 20.6. The molecule has 0 radical (unpaired) electrons. The fraction of sp³-hybridized carbons (Fsp3) is 0.500. The quantitative estimate of drug-likeness (QED) is 0.486. The maximum atomic E-state index is 9.39. The zero-order valence-electron chi connectivity index (χ0n) is 18.3. The highest BCUT2D eigenvalue weighted by Gasteiger charge is 2.44. The van der Waals surface area contributed by atoms with E-state index < -0.39 is 0 Å². The number of rotatable bonds is 6. The summed E-state index contributed by atoms with van der Waals surface area (Å²) in [5.41, 5.74) is 2.65. The summed E-state index contributed by atoms with van der Waals surface area (Å²) in [6, 6.07) is 7.00. The van der Waals surface area contributed by atoms with Gasteiger partial charge in [-0.05, 0) is 75.2 Å². The minimum Gasteiger partial charge on any atom is -0.320 e. The van der Waals surface area contributed by atoms with Gasteiger partial charge in [0, 0.05) is 23.2 Å². The largest absolute Gasteiger partial charge is 0.320 e. The van der Waals surface area contributed by atoms with E-state index in [-0.39, 0.29) is 5.41 Å². The number of benzene rings is 1. The second-order valence-electron chi connectivity index (χ2n) is 9.72. The van der Waals surface area contributed by atoms with Crippen molar-refractivity contribution in [1.82, 2.24) is 24.6 Å². The SMILES string of the molecule is N#CC1(CN2CCC(c3cc4nc(Nc5cnn(C6CC6)c5Cl)ncc4cc3Cl)CC2)CC1. The van der Waals surface area contributed by atoms with Gasteiger partial charge in [-0.2, -0.15) is 10.4 Å². The smallest absolute Gasteiger partial charge is 0.227 e. The van der Waals surface area contributed by atoms with Crippen molar-refractivity contribution in [2.24, 2.45) is 5.41 Å². The lowest BCUT2D eigenvalue weighted by molar-refractivity contribution is 0.190. The van der Waals surface area contributed by atoms with E-state index in [0.29, 0.717) is 23.1 Å². The van der Waals surface area contributed by atoms with Crippen molar-refractivity contribution in [3.05, 3.63) is 40.3 Å². The van der Waals surface area contributed by atoms with E-state index in [2.05, 4.69) is 32.4 Å². The third kappa shape index (κ3) is 4.16. The number of hydrogen-bond acceptors (Lipinski definition) is 6. The maximum Gasteiger partial charge on any atom is 0.227 e. The monoisotopic (exact) mass is 481 g/mol. The van der Waals surface area contributed by atoms with Crippen LogP contribution in [0.4, 0.5) is 11.6 Å². The van der Waals surface area contributed by atoms with Gasteiger partial charge in [0.2, 0.25) is 5.95 Å². The number of likely N-dealkylation sites (tertiary alicyclic amines) is 1. The Morgan fingerprint density at radius 3 is 2.61 bits per heavy atom. The Morgan fingerprint density at radius 2 is 1.91 bits per heavy atom. The summed E-state index contributed by atoms with van der Waals surface area (Å²) in [5, 5.41) is 19.3. The molecule has 0 unspecified atom stereocenters. The second-order valence-corrected chi connectivity index (χ2v) is 10.5. The summed E-state index contributed by atoms with van der Waals surface area (Å²) in [4.78, 5) is 11.6. The molecule has 9 heteroatoms. The average Bonchev–Trinajstić information content (AvgIpc) is 3.75. The molecule has 1 N–H and O–H groups in total. The van der Waals surface area contributed by atoms with Crippen LogP contribution in [0, 0.1) is 16.7 Å². The van der Waals surface area contributed by atoms with Crippen LogP contribution in [0.1, 0.15) is 56.0 Å². The Morgan fingerprint density at radius 1 is 1.12 bits per heavy atom. The summed E-state index contributed by atoms with van der Waals surface area (Å²) < 4.78 is 1.86. The third-order valence-corrected chi connectivity index (χ3v) is 7.92. The highest BCUT2D eigenvalue weighted by Crippen LogP contribution is 2.46. The lowest BCUT2D eigenvalue weighted by atomic mass is 9.88. The first-order chi connectivity index (χ1) is 16.0. The molecule has 1 aromatic carbocycles. The van der Waals surface area contributed by atoms with Crippen LogP contribution in [0.2, 0.25) is 10.2 Å².